The predicted molar refractivity (Wildman–Crippen MR) is 54.4 cm³/mol. The molecule has 0 N–H and O–H groups in total. The van der Waals surface area contributed by atoms with Gasteiger partial charge in [-0.1, -0.05) is 30.3 Å². The van der Waals surface area contributed by atoms with Gasteiger partial charge in [0.05, 0.1) is 0 Å². The number of hydrogen-bond acceptors (Lipinski definition) is 3. The summed E-state index contributed by atoms with van der Waals surface area (Å²) < 4.78 is 5.10. The fourth-order valence-corrected chi connectivity index (χ4v) is 1.35. The van der Waals surface area contributed by atoms with E-state index in [4.69, 9.17) is 4.74 Å². The number of rotatable bonds is 4. The third-order valence-corrected chi connectivity index (χ3v) is 2.36. The smallest absolute Gasteiger partial charge is 0.320 e. The molecule has 0 amide bonds. The normalized spacial score (nSPS) is 16.8. The lowest BCUT2D eigenvalue weighted by atomic mass is 10.0. The number of esters is 1. The van der Waals surface area contributed by atoms with Crippen LogP contribution in [0.5, 0.6) is 0 Å². The fourth-order valence-electron chi connectivity index (χ4n) is 1.35. The summed E-state index contributed by atoms with van der Waals surface area (Å²) in [7, 11) is 0. The van der Waals surface area contributed by atoms with Crippen molar-refractivity contribution in [2.24, 2.45) is 0 Å². The minimum atomic E-state index is -0.771. The van der Waals surface area contributed by atoms with Crippen LogP contribution in [0.25, 0.3) is 0 Å². The van der Waals surface area contributed by atoms with Gasteiger partial charge in [-0.15, -0.1) is 0 Å². The molecule has 1 unspecified atom stereocenters. The molecule has 1 fully saturated rings. The first-order valence-corrected chi connectivity index (χ1v) is 5.02. The van der Waals surface area contributed by atoms with E-state index in [9.17, 15) is 9.59 Å². The molecule has 1 aromatic rings. The maximum Gasteiger partial charge on any atom is 0.320 e. The summed E-state index contributed by atoms with van der Waals surface area (Å²) in [4.78, 5) is 22.4. The second kappa shape index (κ2) is 4.26. The summed E-state index contributed by atoms with van der Waals surface area (Å²) >= 11 is 0. The summed E-state index contributed by atoms with van der Waals surface area (Å²) in [5, 5.41) is 0. The molecule has 0 spiro atoms. The zero-order chi connectivity index (χ0) is 10.7. The lowest BCUT2D eigenvalue weighted by Gasteiger charge is -2.09. The van der Waals surface area contributed by atoms with Crippen LogP contribution in [0.3, 0.4) is 0 Å². The number of hydrogen-bond donors (Lipinski definition) is 0. The minimum absolute atomic E-state index is 0.0451. The van der Waals surface area contributed by atoms with Gasteiger partial charge >= 0.3 is 5.97 Å². The van der Waals surface area contributed by atoms with Crippen LogP contribution in [-0.2, 0) is 14.3 Å². The summed E-state index contributed by atoms with van der Waals surface area (Å²) in [5.41, 5.74) is 0.693. The number of carbonyl (C=O) groups excluding carboxylic acids is 2. The number of carbonyl (C=O) groups is 2. The zero-order valence-electron chi connectivity index (χ0n) is 8.26. The Morgan fingerprint density at radius 1 is 1.33 bits per heavy atom. The Morgan fingerprint density at radius 2 is 2.00 bits per heavy atom. The van der Waals surface area contributed by atoms with Crippen molar-refractivity contribution in [3.8, 4) is 0 Å². The average Bonchev–Trinajstić information content (AvgIpc) is 3.04. The van der Waals surface area contributed by atoms with Crippen molar-refractivity contribution in [2.45, 2.75) is 24.9 Å². The SMILES string of the molecule is O=CC(C(=O)OC1CC1)c1ccccc1. The van der Waals surface area contributed by atoms with E-state index in [2.05, 4.69) is 0 Å². The first kappa shape index (κ1) is 9.90. The number of ether oxygens (including phenoxy) is 1. The van der Waals surface area contributed by atoms with Crippen molar-refractivity contribution in [2.75, 3.05) is 0 Å². The molecule has 15 heavy (non-hydrogen) atoms. The van der Waals surface area contributed by atoms with Crippen LogP contribution in [-0.4, -0.2) is 18.4 Å². The molecule has 0 aromatic heterocycles. The molecule has 1 aromatic carbocycles. The topological polar surface area (TPSA) is 43.4 Å². The molecule has 78 valence electrons. The van der Waals surface area contributed by atoms with Crippen LogP contribution in [0.1, 0.15) is 24.3 Å². The van der Waals surface area contributed by atoms with Gasteiger partial charge in [-0.3, -0.25) is 4.79 Å². The van der Waals surface area contributed by atoms with Crippen molar-refractivity contribution in [3.63, 3.8) is 0 Å². The summed E-state index contributed by atoms with van der Waals surface area (Å²) in [5.74, 6) is -1.20. The quantitative estimate of drug-likeness (QED) is 0.425. The Bertz CT molecular complexity index is 354. The van der Waals surface area contributed by atoms with Gasteiger partial charge in [0.15, 0.2) is 0 Å². The Balaban J connectivity index is 2.08. The van der Waals surface area contributed by atoms with Gasteiger partial charge in [-0.25, -0.2) is 0 Å². The van der Waals surface area contributed by atoms with Crippen LogP contribution in [0.15, 0.2) is 30.3 Å². The Morgan fingerprint density at radius 3 is 2.53 bits per heavy atom. The monoisotopic (exact) mass is 204 g/mol. The van der Waals surface area contributed by atoms with Gasteiger partial charge in [0.2, 0.25) is 0 Å². The van der Waals surface area contributed by atoms with E-state index in [0.717, 1.165) is 12.8 Å². The molecule has 0 bridgehead atoms. The fraction of sp³-hybridized carbons (Fsp3) is 0.333. The van der Waals surface area contributed by atoms with E-state index in [-0.39, 0.29) is 6.10 Å². The lowest BCUT2D eigenvalue weighted by Crippen LogP contribution is -2.18. The standard InChI is InChI=1S/C12H12O3/c13-8-11(9-4-2-1-3-5-9)12(14)15-10-6-7-10/h1-5,8,10-11H,6-7H2. The zero-order valence-corrected chi connectivity index (χ0v) is 8.26. The summed E-state index contributed by atoms with van der Waals surface area (Å²) in [6.45, 7) is 0. The van der Waals surface area contributed by atoms with E-state index >= 15 is 0 Å². The van der Waals surface area contributed by atoms with E-state index < -0.39 is 11.9 Å². The average molecular weight is 204 g/mol. The first-order valence-electron chi connectivity index (χ1n) is 5.02. The molecule has 3 nitrogen and oxygen atoms in total. The molecule has 0 aliphatic heterocycles. The molecule has 2 rings (SSSR count). The molecule has 0 saturated heterocycles. The van der Waals surface area contributed by atoms with Gasteiger partial charge in [0.1, 0.15) is 18.3 Å². The molecular weight excluding hydrogens is 192 g/mol. The Kier molecular flexibility index (Phi) is 2.81. The van der Waals surface area contributed by atoms with Crippen LogP contribution in [0, 0.1) is 0 Å². The molecule has 1 aliphatic carbocycles. The molecule has 1 atom stereocenters. The Labute approximate surface area is 88.1 Å². The summed E-state index contributed by atoms with van der Waals surface area (Å²) in [6, 6.07) is 8.96. The first-order chi connectivity index (χ1) is 7.31. The van der Waals surface area contributed by atoms with E-state index in [1.165, 1.54) is 0 Å². The second-order valence-corrected chi connectivity index (χ2v) is 3.66. The van der Waals surface area contributed by atoms with Crippen LogP contribution < -0.4 is 0 Å². The molecule has 1 saturated carbocycles. The van der Waals surface area contributed by atoms with Gasteiger partial charge in [-0.05, 0) is 18.4 Å². The lowest BCUT2D eigenvalue weighted by molar-refractivity contribution is -0.147. The van der Waals surface area contributed by atoms with Crippen LogP contribution in [0.2, 0.25) is 0 Å². The molecule has 0 heterocycles. The van der Waals surface area contributed by atoms with Gasteiger partial charge in [-0.2, -0.15) is 0 Å². The highest BCUT2D eigenvalue weighted by atomic mass is 16.5. The van der Waals surface area contributed by atoms with E-state index in [1.54, 1.807) is 24.3 Å². The molecular formula is C12H12O3. The molecule has 0 radical (unpaired) electrons. The summed E-state index contributed by atoms with van der Waals surface area (Å²) in [6.07, 6.45) is 2.53. The van der Waals surface area contributed by atoms with Crippen molar-refractivity contribution in [1.82, 2.24) is 0 Å². The highest BCUT2D eigenvalue weighted by molar-refractivity contribution is 5.94. The highest BCUT2D eigenvalue weighted by Crippen LogP contribution is 2.26. The van der Waals surface area contributed by atoms with Crippen molar-refractivity contribution < 1.29 is 14.3 Å². The van der Waals surface area contributed by atoms with Crippen molar-refractivity contribution >= 4 is 12.3 Å². The second-order valence-electron chi connectivity index (χ2n) is 3.66. The third kappa shape index (κ3) is 2.43. The highest BCUT2D eigenvalue weighted by Gasteiger charge is 2.30. The van der Waals surface area contributed by atoms with Gasteiger partial charge < -0.3 is 9.53 Å². The molecule has 3 heteroatoms. The van der Waals surface area contributed by atoms with Crippen molar-refractivity contribution in [1.29, 1.82) is 0 Å². The Hall–Kier alpha value is -1.64. The number of aldehydes is 1. The van der Waals surface area contributed by atoms with E-state index in [1.807, 2.05) is 6.07 Å². The van der Waals surface area contributed by atoms with Gasteiger partial charge in [0.25, 0.3) is 0 Å². The maximum absolute atomic E-state index is 11.6. The number of benzene rings is 1. The van der Waals surface area contributed by atoms with Crippen LogP contribution >= 0.6 is 0 Å². The third-order valence-electron chi connectivity index (χ3n) is 2.36. The minimum Gasteiger partial charge on any atom is -0.462 e. The van der Waals surface area contributed by atoms with E-state index in [0.29, 0.717) is 11.8 Å². The maximum atomic E-state index is 11.6. The van der Waals surface area contributed by atoms with Crippen molar-refractivity contribution in [3.05, 3.63) is 35.9 Å². The van der Waals surface area contributed by atoms with Crippen LogP contribution in [0.4, 0.5) is 0 Å². The van der Waals surface area contributed by atoms with Gasteiger partial charge in [0, 0.05) is 0 Å². The largest absolute Gasteiger partial charge is 0.462 e. The molecule has 1 aliphatic rings. The predicted octanol–water partition coefficient (Wildman–Crippen LogP) is 1.67.